The van der Waals surface area contributed by atoms with E-state index in [-0.39, 0.29) is 43.5 Å². The molecule has 2 amide bonds. The van der Waals surface area contributed by atoms with Gasteiger partial charge in [-0.05, 0) is 53.9 Å². The van der Waals surface area contributed by atoms with E-state index in [4.69, 9.17) is 9.47 Å². The van der Waals surface area contributed by atoms with Crippen LogP contribution in [0.4, 0.5) is 4.39 Å². The van der Waals surface area contributed by atoms with Crippen molar-refractivity contribution < 1.29 is 31.9 Å². The molecule has 230 valence electrons. The van der Waals surface area contributed by atoms with Gasteiger partial charge in [0.25, 0.3) is 5.91 Å². The Labute approximate surface area is 252 Å². The topological polar surface area (TPSA) is 105 Å². The van der Waals surface area contributed by atoms with E-state index in [1.54, 1.807) is 12.1 Å². The highest BCUT2D eigenvalue weighted by Gasteiger charge is 2.31. The maximum Gasteiger partial charge on any atom is 0.261 e. The Bertz CT molecular complexity index is 1430. The fourth-order valence-electron chi connectivity index (χ4n) is 4.72. The van der Waals surface area contributed by atoms with Gasteiger partial charge >= 0.3 is 0 Å². The minimum atomic E-state index is -3.67. The summed E-state index contributed by atoms with van der Waals surface area (Å²) in [6, 6.07) is 20.3. The molecule has 1 atom stereocenters. The largest absolute Gasteiger partial charge is 0.484 e. The van der Waals surface area contributed by atoms with E-state index in [9.17, 15) is 22.4 Å². The van der Waals surface area contributed by atoms with Gasteiger partial charge in [-0.3, -0.25) is 9.59 Å². The number of hydrogen-bond acceptors (Lipinski definition) is 6. The van der Waals surface area contributed by atoms with Crippen LogP contribution in [-0.4, -0.2) is 74.9 Å². The lowest BCUT2D eigenvalue weighted by atomic mass is 10.0. The van der Waals surface area contributed by atoms with Gasteiger partial charge in [-0.25, -0.2) is 12.8 Å². The Hall–Kier alpha value is -3.80. The number of benzene rings is 3. The zero-order valence-corrected chi connectivity index (χ0v) is 25.1. The Morgan fingerprint density at radius 3 is 2.30 bits per heavy atom. The number of nitrogens with zero attached hydrogens (tertiary/aromatic N) is 2. The molecule has 0 radical (unpaired) electrons. The number of sulfonamides is 1. The molecular formula is C32H38FN3O6S. The molecule has 0 spiro atoms. The summed E-state index contributed by atoms with van der Waals surface area (Å²) < 4.78 is 51.9. The summed E-state index contributed by atoms with van der Waals surface area (Å²) in [5.41, 5.74) is 1.54. The van der Waals surface area contributed by atoms with Crippen LogP contribution in [0.3, 0.4) is 0 Å². The van der Waals surface area contributed by atoms with E-state index >= 15 is 0 Å². The number of hydrogen-bond donors (Lipinski definition) is 1. The standard InChI is InChI=1S/C32H38FN3O6S/c1-2-3-17-34-32(38)30(22-25-7-5-4-6-8-25)36(23-26-9-11-27(33)12-10-26)31(37)24-42-28-13-15-29(16-14-28)43(39,40)35-18-20-41-21-19-35/h4-16,30H,2-3,17-24H2,1H3,(H,34,38). The number of morpholine rings is 1. The molecule has 1 saturated heterocycles. The maximum atomic E-state index is 13.7. The zero-order chi connectivity index (χ0) is 30.7. The molecule has 1 unspecified atom stereocenters. The second-order valence-electron chi connectivity index (χ2n) is 10.3. The number of halogens is 1. The maximum absolute atomic E-state index is 13.7. The zero-order valence-electron chi connectivity index (χ0n) is 24.3. The summed E-state index contributed by atoms with van der Waals surface area (Å²) in [5, 5.41) is 2.95. The van der Waals surface area contributed by atoms with E-state index in [1.807, 2.05) is 37.3 Å². The Morgan fingerprint density at radius 1 is 0.977 bits per heavy atom. The predicted octanol–water partition coefficient (Wildman–Crippen LogP) is 3.78. The van der Waals surface area contributed by atoms with Crippen LogP contribution in [0.5, 0.6) is 5.75 Å². The van der Waals surface area contributed by atoms with Crippen LogP contribution >= 0.6 is 0 Å². The van der Waals surface area contributed by atoms with Gasteiger partial charge in [0.05, 0.1) is 18.1 Å². The van der Waals surface area contributed by atoms with Crippen molar-refractivity contribution in [2.24, 2.45) is 0 Å². The van der Waals surface area contributed by atoms with Crippen LogP contribution in [0.1, 0.15) is 30.9 Å². The van der Waals surface area contributed by atoms with Crippen LogP contribution in [0, 0.1) is 5.82 Å². The smallest absolute Gasteiger partial charge is 0.261 e. The fraction of sp³-hybridized carbons (Fsp3) is 0.375. The van der Waals surface area contributed by atoms with Crippen molar-refractivity contribution in [2.45, 2.75) is 43.7 Å². The average molecular weight is 612 g/mol. The molecule has 9 nitrogen and oxygen atoms in total. The lowest BCUT2D eigenvalue weighted by molar-refractivity contribution is -0.142. The molecule has 0 aliphatic carbocycles. The molecule has 4 rings (SSSR count). The van der Waals surface area contributed by atoms with Crippen LogP contribution in [-0.2, 0) is 37.3 Å². The summed E-state index contributed by atoms with van der Waals surface area (Å²) in [7, 11) is -3.67. The highest BCUT2D eigenvalue weighted by molar-refractivity contribution is 7.89. The van der Waals surface area contributed by atoms with Gasteiger partial charge in [0, 0.05) is 32.6 Å². The van der Waals surface area contributed by atoms with Gasteiger partial charge in [-0.2, -0.15) is 4.31 Å². The minimum Gasteiger partial charge on any atom is -0.484 e. The van der Waals surface area contributed by atoms with Crippen molar-refractivity contribution in [3.63, 3.8) is 0 Å². The Balaban J connectivity index is 1.53. The van der Waals surface area contributed by atoms with Crippen LogP contribution < -0.4 is 10.1 Å². The molecule has 1 fully saturated rings. The molecule has 1 N–H and O–H groups in total. The summed E-state index contributed by atoms with van der Waals surface area (Å²) >= 11 is 0. The normalized spacial score (nSPS) is 14.6. The molecular weight excluding hydrogens is 573 g/mol. The van der Waals surface area contributed by atoms with E-state index in [0.29, 0.717) is 31.1 Å². The molecule has 0 aromatic heterocycles. The third-order valence-electron chi connectivity index (χ3n) is 7.16. The summed E-state index contributed by atoms with van der Waals surface area (Å²) in [5.74, 6) is -0.823. The second-order valence-corrected chi connectivity index (χ2v) is 12.2. The van der Waals surface area contributed by atoms with Gasteiger partial charge in [0.15, 0.2) is 6.61 Å². The van der Waals surface area contributed by atoms with Gasteiger partial charge in [0.2, 0.25) is 15.9 Å². The highest BCUT2D eigenvalue weighted by Crippen LogP contribution is 2.21. The lowest BCUT2D eigenvalue weighted by Gasteiger charge is -2.31. The molecule has 1 heterocycles. The van der Waals surface area contributed by atoms with Gasteiger partial charge in [0.1, 0.15) is 17.6 Å². The van der Waals surface area contributed by atoms with Crippen LogP contribution in [0.15, 0.2) is 83.8 Å². The molecule has 1 aliphatic rings. The summed E-state index contributed by atoms with van der Waals surface area (Å²) in [6.07, 6.45) is 1.98. The molecule has 3 aromatic rings. The number of rotatable bonds is 14. The van der Waals surface area contributed by atoms with Crippen molar-refractivity contribution in [2.75, 3.05) is 39.5 Å². The van der Waals surface area contributed by atoms with Crippen molar-refractivity contribution in [3.05, 3.63) is 95.8 Å². The predicted molar refractivity (Wildman–Crippen MR) is 160 cm³/mol. The third-order valence-corrected chi connectivity index (χ3v) is 9.07. The van der Waals surface area contributed by atoms with Crippen LogP contribution in [0.25, 0.3) is 0 Å². The van der Waals surface area contributed by atoms with Crippen molar-refractivity contribution in [1.82, 2.24) is 14.5 Å². The minimum absolute atomic E-state index is 0.0674. The highest BCUT2D eigenvalue weighted by atomic mass is 32.2. The molecule has 0 saturated carbocycles. The van der Waals surface area contributed by atoms with Gasteiger partial charge in [-0.1, -0.05) is 55.8 Å². The van der Waals surface area contributed by atoms with Gasteiger partial charge < -0.3 is 19.7 Å². The van der Waals surface area contributed by atoms with E-state index in [0.717, 1.165) is 18.4 Å². The lowest BCUT2D eigenvalue weighted by Crippen LogP contribution is -2.51. The quantitative estimate of drug-likeness (QED) is 0.278. The SMILES string of the molecule is CCCCNC(=O)C(Cc1ccccc1)N(Cc1ccc(F)cc1)C(=O)COc1ccc(S(=O)(=O)N2CCOCC2)cc1. The first-order chi connectivity index (χ1) is 20.8. The number of carbonyl (C=O) groups is 2. The molecule has 3 aromatic carbocycles. The van der Waals surface area contributed by atoms with Gasteiger partial charge in [-0.15, -0.1) is 0 Å². The number of unbranched alkanes of at least 4 members (excludes halogenated alkanes) is 1. The van der Waals surface area contributed by atoms with Crippen LogP contribution in [0.2, 0.25) is 0 Å². The average Bonchev–Trinajstić information content (AvgIpc) is 3.03. The third kappa shape index (κ3) is 9.09. The Morgan fingerprint density at radius 2 is 1.65 bits per heavy atom. The molecule has 0 bridgehead atoms. The summed E-state index contributed by atoms with van der Waals surface area (Å²) in [4.78, 5) is 28.8. The number of carbonyl (C=O) groups excluding carboxylic acids is 2. The molecule has 1 aliphatic heterocycles. The number of ether oxygens (including phenoxy) is 2. The van der Waals surface area contributed by atoms with Crippen molar-refractivity contribution in [3.8, 4) is 5.75 Å². The van der Waals surface area contributed by atoms with Crippen molar-refractivity contribution >= 4 is 21.8 Å². The van der Waals surface area contributed by atoms with E-state index in [2.05, 4.69) is 5.32 Å². The van der Waals surface area contributed by atoms with Crippen molar-refractivity contribution in [1.29, 1.82) is 0 Å². The first-order valence-corrected chi connectivity index (χ1v) is 15.9. The molecule has 11 heteroatoms. The first-order valence-electron chi connectivity index (χ1n) is 14.4. The number of amides is 2. The van der Waals surface area contributed by atoms with E-state index in [1.165, 1.54) is 45.6 Å². The molecule has 43 heavy (non-hydrogen) atoms. The monoisotopic (exact) mass is 611 g/mol. The fourth-order valence-corrected chi connectivity index (χ4v) is 6.13. The second kappa shape index (κ2) is 15.6. The number of nitrogens with one attached hydrogen (secondary N) is 1. The Kier molecular flexibility index (Phi) is 11.7. The summed E-state index contributed by atoms with van der Waals surface area (Å²) in [6.45, 7) is 3.46. The van der Waals surface area contributed by atoms with E-state index < -0.39 is 27.8 Å². The first kappa shape index (κ1) is 32.1.